The van der Waals surface area contributed by atoms with Crippen LogP contribution in [0.4, 0.5) is 19.1 Å². The van der Waals surface area contributed by atoms with Gasteiger partial charge in [0, 0.05) is 16.3 Å². The molecular formula is C18H12ClF3N4O. The maximum atomic E-state index is 13.2. The molecule has 1 N–H and O–H groups in total. The summed E-state index contributed by atoms with van der Waals surface area (Å²) in [5.74, 6) is 0.0274. The molecule has 1 aliphatic heterocycles. The SMILES string of the molecule is Fc1ccc(C2=C[C@H](c3cc(Cl)ccc3OC(F)F)n3ncnc3N2)cc1. The van der Waals surface area contributed by atoms with Gasteiger partial charge in [-0.05, 0) is 54.1 Å². The van der Waals surface area contributed by atoms with Crippen molar-refractivity contribution >= 4 is 23.2 Å². The van der Waals surface area contributed by atoms with E-state index in [-0.39, 0.29) is 11.6 Å². The number of fused-ring (bicyclic) bond motifs is 1. The zero-order chi connectivity index (χ0) is 19.0. The van der Waals surface area contributed by atoms with Crippen molar-refractivity contribution in [1.82, 2.24) is 14.8 Å². The maximum Gasteiger partial charge on any atom is 0.387 e. The summed E-state index contributed by atoms with van der Waals surface area (Å²) in [6.07, 6.45) is 3.11. The lowest BCUT2D eigenvalue weighted by atomic mass is 10.0. The number of benzene rings is 2. The van der Waals surface area contributed by atoms with E-state index < -0.39 is 12.7 Å². The predicted octanol–water partition coefficient (Wildman–Crippen LogP) is 4.73. The summed E-state index contributed by atoms with van der Waals surface area (Å²) >= 11 is 6.08. The second-order valence-electron chi connectivity index (χ2n) is 5.75. The number of allylic oxidation sites excluding steroid dienone is 1. The van der Waals surface area contributed by atoms with Crippen LogP contribution in [0, 0.1) is 5.82 Å². The van der Waals surface area contributed by atoms with Crippen LogP contribution in [-0.4, -0.2) is 21.4 Å². The zero-order valence-corrected chi connectivity index (χ0v) is 14.4. The van der Waals surface area contributed by atoms with E-state index >= 15 is 0 Å². The summed E-state index contributed by atoms with van der Waals surface area (Å²) in [6, 6.07) is 9.66. The van der Waals surface area contributed by atoms with Crippen LogP contribution < -0.4 is 10.1 Å². The van der Waals surface area contributed by atoms with Crippen LogP contribution in [0.1, 0.15) is 17.2 Å². The maximum absolute atomic E-state index is 13.2. The number of hydrogen-bond donors (Lipinski definition) is 1. The van der Waals surface area contributed by atoms with Crippen LogP contribution in [0.2, 0.25) is 5.02 Å². The minimum atomic E-state index is -2.98. The minimum absolute atomic E-state index is 0.0162. The van der Waals surface area contributed by atoms with Gasteiger partial charge < -0.3 is 10.1 Å². The summed E-state index contributed by atoms with van der Waals surface area (Å²) in [6.45, 7) is -2.98. The molecule has 1 aromatic heterocycles. The molecule has 4 rings (SSSR count). The van der Waals surface area contributed by atoms with Gasteiger partial charge in [-0.3, -0.25) is 0 Å². The summed E-state index contributed by atoms with van der Waals surface area (Å²) in [5, 5.41) is 7.62. The van der Waals surface area contributed by atoms with E-state index in [1.54, 1.807) is 24.3 Å². The van der Waals surface area contributed by atoms with Crippen LogP contribution >= 0.6 is 11.6 Å². The molecule has 2 aromatic carbocycles. The van der Waals surface area contributed by atoms with E-state index in [9.17, 15) is 13.2 Å². The molecule has 0 spiro atoms. The van der Waals surface area contributed by atoms with E-state index in [0.29, 0.717) is 27.8 Å². The Bertz CT molecular complexity index is 1000. The average molecular weight is 393 g/mol. The normalized spacial score (nSPS) is 15.9. The Labute approximate surface area is 157 Å². The largest absolute Gasteiger partial charge is 0.434 e. The zero-order valence-electron chi connectivity index (χ0n) is 13.6. The molecule has 2 heterocycles. The fraction of sp³-hybridized carbons (Fsp3) is 0.111. The van der Waals surface area contributed by atoms with Crippen molar-refractivity contribution < 1.29 is 17.9 Å². The van der Waals surface area contributed by atoms with Crippen molar-refractivity contribution in [1.29, 1.82) is 0 Å². The quantitative estimate of drug-likeness (QED) is 0.697. The molecule has 1 atom stereocenters. The first kappa shape index (κ1) is 17.4. The van der Waals surface area contributed by atoms with Crippen molar-refractivity contribution in [3.8, 4) is 5.75 Å². The number of nitrogens with one attached hydrogen (secondary N) is 1. The first-order valence-corrected chi connectivity index (χ1v) is 8.27. The molecule has 3 aromatic rings. The number of aromatic nitrogens is 3. The molecule has 9 heteroatoms. The molecule has 0 radical (unpaired) electrons. The van der Waals surface area contributed by atoms with Crippen LogP contribution in [0.3, 0.4) is 0 Å². The Kier molecular flexibility index (Phi) is 4.49. The summed E-state index contributed by atoms with van der Waals surface area (Å²) in [4.78, 5) is 4.14. The molecule has 0 fully saturated rings. The van der Waals surface area contributed by atoms with Gasteiger partial charge in [-0.25, -0.2) is 9.07 Å². The Morgan fingerprint density at radius 1 is 1.15 bits per heavy atom. The molecule has 0 unspecified atom stereocenters. The topological polar surface area (TPSA) is 52.0 Å². The monoisotopic (exact) mass is 392 g/mol. The lowest BCUT2D eigenvalue weighted by Crippen LogP contribution is -2.21. The second kappa shape index (κ2) is 6.96. The second-order valence-corrected chi connectivity index (χ2v) is 6.18. The average Bonchev–Trinajstić information content (AvgIpc) is 3.11. The highest BCUT2D eigenvalue weighted by Gasteiger charge is 2.27. The molecule has 27 heavy (non-hydrogen) atoms. The van der Waals surface area contributed by atoms with E-state index in [2.05, 4.69) is 20.1 Å². The first-order valence-electron chi connectivity index (χ1n) is 7.90. The first-order chi connectivity index (χ1) is 13.0. The molecule has 5 nitrogen and oxygen atoms in total. The fourth-order valence-corrected chi connectivity index (χ4v) is 3.09. The molecule has 0 saturated heterocycles. The van der Waals surface area contributed by atoms with Gasteiger partial charge in [0.15, 0.2) is 0 Å². The molecule has 138 valence electrons. The highest BCUT2D eigenvalue weighted by atomic mass is 35.5. The molecule has 1 aliphatic rings. The van der Waals surface area contributed by atoms with Crippen molar-refractivity contribution in [2.75, 3.05) is 5.32 Å². The van der Waals surface area contributed by atoms with Gasteiger partial charge in [0.05, 0.1) is 0 Å². The van der Waals surface area contributed by atoms with Gasteiger partial charge in [0.25, 0.3) is 0 Å². The van der Waals surface area contributed by atoms with E-state index in [0.717, 1.165) is 0 Å². The Hall–Kier alpha value is -3.00. The summed E-state index contributed by atoms with van der Waals surface area (Å²) in [7, 11) is 0. The van der Waals surface area contributed by atoms with Crippen LogP contribution in [0.15, 0.2) is 54.9 Å². The van der Waals surface area contributed by atoms with Gasteiger partial charge in [-0.1, -0.05) is 11.6 Å². The standard InChI is InChI=1S/C18H12ClF3N4O/c19-11-3-6-16(27-17(21)22)13(7-11)15-8-14(10-1-4-12(20)5-2-10)25-18-23-9-24-26(15)18/h1-9,15,17H,(H,23,24,25)/t15-/m1/s1. The molecular weight excluding hydrogens is 381 g/mol. The third-order valence-corrected chi connectivity index (χ3v) is 4.30. The number of anilines is 1. The number of alkyl halides is 2. The fourth-order valence-electron chi connectivity index (χ4n) is 2.91. The number of hydrogen-bond acceptors (Lipinski definition) is 4. The predicted molar refractivity (Wildman–Crippen MR) is 94.2 cm³/mol. The van der Waals surface area contributed by atoms with Crippen LogP contribution in [0.25, 0.3) is 5.70 Å². The number of ether oxygens (including phenoxy) is 1. The number of halogens is 4. The number of rotatable bonds is 4. The Balaban J connectivity index is 1.83. The molecule has 0 aliphatic carbocycles. The van der Waals surface area contributed by atoms with Gasteiger partial charge in [0.2, 0.25) is 5.95 Å². The van der Waals surface area contributed by atoms with Gasteiger partial charge >= 0.3 is 6.61 Å². The van der Waals surface area contributed by atoms with Crippen molar-refractivity contribution in [3.63, 3.8) is 0 Å². The van der Waals surface area contributed by atoms with E-state index in [1.165, 1.54) is 35.3 Å². The van der Waals surface area contributed by atoms with Crippen molar-refractivity contribution in [3.05, 3.63) is 76.8 Å². The minimum Gasteiger partial charge on any atom is -0.434 e. The Morgan fingerprint density at radius 3 is 2.67 bits per heavy atom. The number of nitrogens with zero attached hydrogens (tertiary/aromatic N) is 3. The molecule has 0 bridgehead atoms. The van der Waals surface area contributed by atoms with Gasteiger partial charge in [-0.2, -0.15) is 18.9 Å². The lowest BCUT2D eigenvalue weighted by Gasteiger charge is -2.26. The van der Waals surface area contributed by atoms with E-state index in [1.807, 2.05) is 0 Å². The van der Waals surface area contributed by atoms with Gasteiger partial charge in [0.1, 0.15) is 23.9 Å². The van der Waals surface area contributed by atoms with Crippen LogP contribution in [-0.2, 0) is 0 Å². The smallest absolute Gasteiger partial charge is 0.387 e. The molecule has 0 saturated carbocycles. The third-order valence-electron chi connectivity index (χ3n) is 4.07. The highest BCUT2D eigenvalue weighted by Crippen LogP contribution is 2.37. The lowest BCUT2D eigenvalue weighted by molar-refractivity contribution is -0.0506. The summed E-state index contributed by atoms with van der Waals surface area (Å²) < 4.78 is 45.1. The van der Waals surface area contributed by atoms with Gasteiger partial charge in [-0.15, -0.1) is 0 Å². The summed E-state index contributed by atoms with van der Waals surface area (Å²) in [5.41, 5.74) is 1.73. The van der Waals surface area contributed by atoms with Crippen molar-refractivity contribution in [2.24, 2.45) is 0 Å². The van der Waals surface area contributed by atoms with E-state index in [4.69, 9.17) is 11.6 Å². The third kappa shape index (κ3) is 3.48. The Morgan fingerprint density at radius 2 is 1.93 bits per heavy atom. The van der Waals surface area contributed by atoms with Crippen molar-refractivity contribution in [2.45, 2.75) is 12.7 Å². The highest BCUT2D eigenvalue weighted by molar-refractivity contribution is 6.30. The molecule has 0 amide bonds. The van der Waals surface area contributed by atoms with Crippen LogP contribution in [0.5, 0.6) is 5.75 Å².